The van der Waals surface area contributed by atoms with Gasteiger partial charge in [-0.15, -0.1) is 11.3 Å². The van der Waals surface area contributed by atoms with E-state index in [0.29, 0.717) is 5.57 Å². The van der Waals surface area contributed by atoms with Crippen molar-refractivity contribution >= 4 is 39.3 Å². The molecule has 2 heterocycles. The second-order valence-electron chi connectivity index (χ2n) is 8.98. The molecular weight excluding hydrogens is 488 g/mol. The van der Waals surface area contributed by atoms with E-state index in [1.165, 1.54) is 11.3 Å². The number of anilines is 1. The summed E-state index contributed by atoms with van der Waals surface area (Å²) in [5, 5.41) is 36.2. The lowest BCUT2D eigenvalue weighted by Crippen LogP contribution is -2.38. The molecule has 0 aliphatic carbocycles. The summed E-state index contributed by atoms with van der Waals surface area (Å²) in [7, 11) is 0. The third-order valence-corrected chi connectivity index (χ3v) is 7.64. The van der Waals surface area contributed by atoms with Gasteiger partial charge in [0, 0.05) is 48.2 Å². The van der Waals surface area contributed by atoms with Crippen LogP contribution in [0.25, 0.3) is 26.8 Å². The van der Waals surface area contributed by atoms with Crippen LogP contribution in [0.1, 0.15) is 11.8 Å². The van der Waals surface area contributed by atoms with Crippen molar-refractivity contribution in [1.29, 1.82) is 5.26 Å². The van der Waals surface area contributed by atoms with Crippen LogP contribution in [0.15, 0.2) is 54.1 Å². The van der Waals surface area contributed by atoms with Gasteiger partial charge in [-0.25, -0.2) is 0 Å². The van der Waals surface area contributed by atoms with Gasteiger partial charge in [0.15, 0.2) is 0 Å². The molecule has 37 heavy (non-hydrogen) atoms. The van der Waals surface area contributed by atoms with Crippen LogP contribution in [0.2, 0.25) is 0 Å². The van der Waals surface area contributed by atoms with Crippen LogP contribution in [-0.4, -0.2) is 79.7 Å². The molecule has 1 saturated heterocycles. The Morgan fingerprint density at radius 1 is 1.16 bits per heavy atom. The second-order valence-corrected chi connectivity index (χ2v) is 10.1. The van der Waals surface area contributed by atoms with Crippen LogP contribution in [0.5, 0.6) is 0 Å². The number of amides is 1. The highest BCUT2D eigenvalue weighted by atomic mass is 32.1. The van der Waals surface area contributed by atoms with E-state index in [2.05, 4.69) is 51.9 Å². The van der Waals surface area contributed by atoms with E-state index >= 15 is 0 Å². The summed E-state index contributed by atoms with van der Waals surface area (Å²) in [6.07, 6.45) is -1.06. The Kier molecular flexibility index (Phi) is 9.28. The number of morpholine rings is 1. The predicted molar refractivity (Wildman–Crippen MR) is 147 cm³/mol. The number of carbonyl (C=O) groups excluding carboxylic acids is 1. The summed E-state index contributed by atoms with van der Waals surface area (Å²) in [5.74, 6) is -0.567. The number of aliphatic hydroxyl groups is 2. The zero-order valence-electron chi connectivity index (χ0n) is 20.9. The zero-order valence-corrected chi connectivity index (χ0v) is 21.7. The van der Waals surface area contributed by atoms with Crippen molar-refractivity contribution in [3.8, 4) is 16.5 Å². The maximum atomic E-state index is 12.4. The van der Waals surface area contributed by atoms with Crippen molar-refractivity contribution < 1.29 is 19.7 Å². The molecular formula is C28H32N4O4S. The fourth-order valence-corrected chi connectivity index (χ4v) is 5.19. The van der Waals surface area contributed by atoms with E-state index in [-0.39, 0.29) is 12.1 Å². The summed E-state index contributed by atoms with van der Waals surface area (Å²) in [6, 6.07) is 18.6. The molecule has 0 bridgehead atoms. The van der Waals surface area contributed by atoms with Crippen LogP contribution >= 0.6 is 11.3 Å². The number of benzene rings is 2. The molecule has 1 aromatic heterocycles. The van der Waals surface area contributed by atoms with Crippen molar-refractivity contribution in [2.45, 2.75) is 13.0 Å². The van der Waals surface area contributed by atoms with E-state index in [1.807, 2.05) is 18.2 Å². The largest absolute Gasteiger partial charge is 0.394 e. The molecule has 2 aromatic carbocycles. The highest BCUT2D eigenvalue weighted by Gasteiger charge is 2.17. The molecule has 1 fully saturated rings. The smallest absolute Gasteiger partial charge is 0.262 e. The molecule has 0 saturated carbocycles. The first kappa shape index (κ1) is 26.8. The number of rotatable bonds is 10. The summed E-state index contributed by atoms with van der Waals surface area (Å²) in [6.45, 7) is 6.64. The number of aliphatic hydroxyl groups excluding tert-OH is 2. The second kappa shape index (κ2) is 12.8. The minimum Gasteiger partial charge on any atom is -0.394 e. The maximum Gasteiger partial charge on any atom is 0.262 e. The van der Waals surface area contributed by atoms with Crippen LogP contribution in [0, 0.1) is 11.3 Å². The monoisotopic (exact) mass is 520 g/mol. The highest BCUT2D eigenvalue weighted by molar-refractivity contribution is 7.16. The molecule has 0 radical (unpaired) electrons. The van der Waals surface area contributed by atoms with E-state index in [0.717, 1.165) is 71.2 Å². The quantitative estimate of drug-likeness (QED) is 0.240. The standard InChI is InChI=1S/C28H32N4O4S/c1-19(25(16-29)28(35)31-17-24(34)18-33)26-6-7-27(37-26)22-3-2-21-15-23(5-4-20(21)14-22)30-8-9-32-10-12-36-13-11-32/h2-7,14-15,24,30,33-34H,8-13,17-18H2,1H3,(H,31,35). The first-order valence-corrected chi connectivity index (χ1v) is 13.2. The minimum atomic E-state index is -1.06. The molecule has 3 aromatic rings. The number of ether oxygens (including phenoxy) is 1. The number of nitrogens with one attached hydrogen (secondary N) is 2. The Bertz CT molecular complexity index is 1310. The lowest BCUT2D eigenvalue weighted by Gasteiger charge is -2.26. The van der Waals surface area contributed by atoms with Crippen LogP contribution < -0.4 is 10.6 Å². The number of hydrogen-bond donors (Lipinski definition) is 4. The minimum absolute atomic E-state index is 0.00861. The average molecular weight is 521 g/mol. The normalized spacial score (nSPS) is 15.6. The van der Waals surface area contributed by atoms with Crippen molar-refractivity contribution in [2.75, 3.05) is 57.9 Å². The Hall–Kier alpha value is -3.26. The highest BCUT2D eigenvalue weighted by Crippen LogP contribution is 2.34. The molecule has 4 N–H and O–H groups in total. The number of thiophene rings is 1. The lowest BCUT2D eigenvalue weighted by molar-refractivity contribution is -0.117. The number of hydrogen-bond acceptors (Lipinski definition) is 8. The first-order chi connectivity index (χ1) is 18.0. The zero-order chi connectivity index (χ0) is 26.2. The summed E-state index contributed by atoms with van der Waals surface area (Å²) < 4.78 is 5.40. The fraction of sp³-hybridized carbons (Fsp3) is 0.357. The first-order valence-electron chi connectivity index (χ1n) is 12.3. The van der Waals surface area contributed by atoms with Gasteiger partial charge in [0.1, 0.15) is 11.6 Å². The number of carbonyl (C=O) groups is 1. The Balaban J connectivity index is 1.44. The third-order valence-electron chi connectivity index (χ3n) is 6.38. The molecule has 1 aliphatic heterocycles. The van der Waals surface area contributed by atoms with Crippen molar-refractivity contribution in [2.24, 2.45) is 0 Å². The molecule has 1 aliphatic rings. The van der Waals surface area contributed by atoms with E-state index < -0.39 is 18.6 Å². The van der Waals surface area contributed by atoms with Crippen LogP contribution in [0.3, 0.4) is 0 Å². The van der Waals surface area contributed by atoms with Gasteiger partial charge < -0.3 is 25.6 Å². The van der Waals surface area contributed by atoms with Crippen molar-refractivity contribution in [3.05, 3.63) is 59.0 Å². The van der Waals surface area contributed by atoms with Gasteiger partial charge in [0.2, 0.25) is 0 Å². The number of nitrogens with zero attached hydrogens (tertiary/aromatic N) is 2. The van der Waals surface area contributed by atoms with Crippen LogP contribution in [0.4, 0.5) is 5.69 Å². The molecule has 4 rings (SSSR count). The van der Waals surface area contributed by atoms with Crippen LogP contribution in [-0.2, 0) is 9.53 Å². The Labute approximate surface area is 220 Å². The molecule has 1 unspecified atom stereocenters. The van der Waals surface area contributed by atoms with Gasteiger partial charge in [0.25, 0.3) is 5.91 Å². The SMILES string of the molecule is CC(=C(C#N)C(=O)NCC(O)CO)c1ccc(-c2ccc3cc(NCCN4CCOCC4)ccc3c2)s1. The predicted octanol–water partition coefficient (Wildman–Crippen LogP) is 3.08. The molecule has 194 valence electrons. The number of fused-ring (bicyclic) bond motifs is 1. The molecule has 1 amide bonds. The lowest BCUT2D eigenvalue weighted by atomic mass is 10.1. The summed E-state index contributed by atoms with van der Waals surface area (Å²) in [5.41, 5.74) is 2.73. The van der Waals surface area contributed by atoms with E-state index in [4.69, 9.17) is 9.84 Å². The molecule has 8 nitrogen and oxygen atoms in total. The van der Waals surface area contributed by atoms with Gasteiger partial charge in [-0.2, -0.15) is 5.26 Å². The van der Waals surface area contributed by atoms with Gasteiger partial charge >= 0.3 is 0 Å². The van der Waals surface area contributed by atoms with Gasteiger partial charge in [-0.3, -0.25) is 9.69 Å². The van der Waals surface area contributed by atoms with Crippen molar-refractivity contribution in [3.63, 3.8) is 0 Å². The van der Waals surface area contributed by atoms with E-state index in [9.17, 15) is 15.2 Å². The Morgan fingerprint density at radius 3 is 2.68 bits per heavy atom. The third kappa shape index (κ3) is 6.95. The summed E-state index contributed by atoms with van der Waals surface area (Å²) in [4.78, 5) is 16.7. The fourth-order valence-electron chi connectivity index (χ4n) is 4.18. The molecule has 1 atom stereocenters. The molecule has 9 heteroatoms. The average Bonchev–Trinajstić information content (AvgIpc) is 3.43. The van der Waals surface area contributed by atoms with Gasteiger partial charge in [-0.05, 0) is 59.2 Å². The van der Waals surface area contributed by atoms with Gasteiger partial charge in [0.05, 0.1) is 25.9 Å². The Morgan fingerprint density at radius 2 is 1.92 bits per heavy atom. The number of nitriles is 1. The maximum absolute atomic E-state index is 12.4. The number of allylic oxidation sites excluding steroid dienone is 1. The summed E-state index contributed by atoms with van der Waals surface area (Å²) >= 11 is 1.52. The van der Waals surface area contributed by atoms with Gasteiger partial charge in [-0.1, -0.05) is 18.2 Å². The topological polar surface area (TPSA) is 118 Å². The van der Waals surface area contributed by atoms with Crippen molar-refractivity contribution in [1.82, 2.24) is 10.2 Å². The molecule has 0 spiro atoms. The van der Waals surface area contributed by atoms with E-state index in [1.54, 1.807) is 6.92 Å².